The highest BCUT2D eigenvalue weighted by molar-refractivity contribution is 7.90. The molecule has 0 aliphatic carbocycles. The van der Waals surface area contributed by atoms with Crippen molar-refractivity contribution in [2.24, 2.45) is 0 Å². The molecule has 3 aromatic rings. The molecule has 0 fully saturated rings. The lowest BCUT2D eigenvalue weighted by molar-refractivity contribution is 0.506. The van der Waals surface area contributed by atoms with Gasteiger partial charge in [-0.1, -0.05) is 6.07 Å². The summed E-state index contributed by atoms with van der Waals surface area (Å²) in [5.41, 5.74) is 1.10. The van der Waals surface area contributed by atoms with Gasteiger partial charge >= 0.3 is 0 Å². The molecule has 0 unspecified atom stereocenters. The third-order valence-electron chi connectivity index (χ3n) is 3.83. The Balaban J connectivity index is 2.01. The minimum absolute atomic E-state index is 0.151. The zero-order valence-corrected chi connectivity index (χ0v) is 14.3. The van der Waals surface area contributed by atoms with Gasteiger partial charge in [0, 0.05) is 11.6 Å². The molecule has 0 saturated heterocycles. The van der Waals surface area contributed by atoms with Gasteiger partial charge in [0.2, 0.25) is 0 Å². The van der Waals surface area contributed by atoms with Crippen molar-refractivity contribution < 1.29 is 17.2 Å². The van der Waals surface area contributed by atoms with Crippen LogP contribution in [0, 0.1) is 11.6 Å². The van der Waals surface area contributed by atoms with E-state index in [0.29, 0.717) is 22.3 Å². The molecule has 2 aromatic carbocycles. The Morgan fingerprint density at radius 2 is 1.80 bits per heavy atom. The predicted molar refractivity (Wildman–Crippen MR) is 91.0 cm³/mol. The summed E-state index contributed by atoms with van der Waals surface area (Å²) >= 11 is 0. The van der Waals surface area contributed by atoms with Gasteiger partial charge in [0.25, 0.3) is 0 Å². The third-order valence-corrected chi connectivity index (χ3v) is 4.94. The molecular formula is C17H15F2N3O2S. The largest absolute Gasteiger partial charge is 0.363 e. The van der Waals surface area contributed by atoms with Gasteiger partial charge in [-0.15, -0.1) is 0 Å². The van der Waals surface area contributed by atoms with Crippen molar-refractivity contribution in [1.29, 1.82) is 0 Å². The van der Waals surface area contributed by atoms with Crippen LogP contribution in [0.5, 0.6) is 0 Å². The van der Waals surface area contributed by atoms with E-state index in [-0.39, 0.29) is 10.9 Å². The second kappa shape index (κ2) is 6.36. The first-order valence-corrected chi connectivity index (χ1v) is 9.31. The second-order valence-electron chi connectivity index (χ2n) is 5.71. The molecular weight excluding hydrogens is 348 g/mol. The topological polar surface area (TPSA) is 72.0 Å². The number of hydrogen-bond acceptors (Lipinski definition) is 5. The van der Waals surface area contributed by atoms with Crippen molar-refractivity contribution in [3.05, 3.63) is 59.9 Å². The molecule has 0 saturated carbocycles. The monoisotopic (exact) mass is 363 g/mol. The highest BCUT2D eigenvalue weighted by Gasteiger charge is 2.14. The van der Waals surface area contributed by atoms with Gasteiger partial charge in [-0.2, -0.15) is 0 Å². The maximum Gasteiger partial charge on any atom is 0.175 e. The maximum atomic E-state index is 13.4. The van der Waals surface area contributed by atoms with Crippen LogP contribution < -0.4 is 5.32 Å². The number of fused-ring (bicyclic) bond motifs is 1. The number of anilines is 1. The Morgan fingerprint density at radius 1 is 1.04 bits per heavy atom. The summed E-state index contributed by atoms with van der Waals surface area (Å²) in [6.45, 7) is 1.76. The smallest absolute Gasteiger partial charge is 0.175 e. The van der Waals surface area contributed by atoms with E-state index in [9.17, 15) is 17.2 Å². The molecule has 8 heteroatoms. The molecule has 5 nitrogen and oxygen atoms in total. The first-order valence-electron chi connectivity index (χ1n) is 7.42. The Labute approximate surface area is 143 Å². The van der Waals surface area contributed by atoms with Crippen molar-refractivity contribution in [3.8, 4) is 0 Å². The minimum Gasteiger partial charge on any atom is -0.363 e. The van der Waals surface area contributed by atoms with E-state index in [0.717, 1.165) is 18.4 Å². The number of sulfone groups is 1. The second-order valence-corrected chi connectivity index (χ2v) is 7.73. The molecule has 0 bridgehead atoms. The van der Waals surface area contributed by atoms with Crippen LogP contribution >= 0.6 is 0 Å². The van der Waals surface area contributed by atoms with E-state index in [4.69, 9.17) is 0 Å². The first kappa shape index (κ1) is 17.2. The summed E-state index contributed by atoms with van der Waals surface area (Å²) in [6, 6.07) is 7.83. The van der Waals surface area contributed by atoms with Crippen LogP contribution in [0.2, 0.25) is 0 Å². The van der Waals surface area contributed by atoms with Crippen LogP contribution in [-0.4, -0.2) is 24.6 Å². The number of benzene rings is 2. The van der Waals surface area contributed by atoms with E-state index in [1.807, 2.05) is 0 Å². The maximum absolute atomic E-state index is 13.4. The fraction of sp³-hybridized carbons (Fsp3) is 0.176. The summed E-state index contributed by atoms with van der Waals surface area (Å²) in [5.74, 6) is -1.44. The van der Waals surface area contributed by atoms with Crippen LogP contribution in [0.15, 0.2) is 47.6 Å². The quantitative estimate of drug-likeness (QED) is 0.768. The molecule has 0 radical (unpaired) electrons. The van der Waals surface area contributed by atoms with E-state index in [1.54, 1.807) is 13.0 Å². The minimum atomic E-state index is -3.38. The van der Waals surface area contributed by atoms with Gasteiger partial charge in [-0.05, 0) is 42.8 Å². The van der Waals surface area contributed by atoms with Gasteiger partial charge in [0.05, 0.1) is 16.5 Å². The van der Waals surface area contributed by atoms with E-state index >= 15 is 0 Å². The van der Waals surface area contributed by atoms with Crippen LogP contribution in [0.25, 0.3) is 10.9 Å². The molecule has 0 spiro atoms. The number of nitrogens with zero attached hydrogens (tertiary/aromatic N) is 2. The molecule has 130 valence electrons. The molecule has 3 rings (SSSR count). The Bertz CT molecular complexity index is 1050. The average molecular weight is 363 g/mol. The highest BCUT2D eigenvalue weighted by atomic mass is 32.2. The van der Waals surface area contributed by atoms with E-state index in [2.05, 4.69) is 15.3 Å². The van der Waals surface area contributed by atoms with Crippen molar-refractivity contribution in [3.63, 3.8) is 0 Å². The van der Waals surface area contributed by atoms with Gasteiger partial charge in [0.15, 0.2) is 21.5 Å². The van der Waals surface area contributed by atoms with E-state index < -0.39 is 21.5 Å². The average Bonchev–Trinajstić information content (AvgIpc) is 2.56. The molecule has 0 amide bonds. The summed E-state index contributed by atoms with van der Waals surface area (Å²) in [6.07, 6.45) is 2.47. The molecule has 1 aromatic heterocycles. The van der Waals surface area contributed by atoms with Crippen LogP contribution in [0.4, 0.5) is 14.6 Å². The number of halogens is 2. The summed E-state index contributed by atoms with van der Waals surface area (Å²) in [4.78, 5) is 8.42. The fourth-order valence-corrected chi connectivity index (χ4v) is 3.10. The molecule has 1 heterocycles. The lowest BCUT2D eigenvalue weighted by Gasteiger charge is -2.16. The Hall–Kier alpha value is -2.61. The van der Waals surface area contributed by atoms with Crippen LogP contribution in [0.1, 0.15) is 18.5 Å². The number of nitrogens with one attached hydrogen (secondary N) is 1. The molecule has 0 aliphatic rings. The fourth-order valence-electron chi connectivity index (χ4n) is 2.45. The predicted octanol–water partition coefficient (Wildman–Crippen LogP) is 3.48. The summed E-state index contributed by atoms with van der Waals surface area (Å²) in [5, 5.41) is 3.62. The number of hydrogen-bond donors (Lipinski definition) is 1. The third kappa shape index (κ3) is 3.58. The SMILES string of the molecule is C[C@@H](Nc1ncnc2ccc(S(C)(=O)=O)cc12)c1ccc(F)c(F)c1. The summed E-state index contributed by atoms with van der Waals surface area (Å²) in [7, 11) is -3.38. The van der Waals surface area contributed by atoms with Gasteiger partial charge in [-0.25, -0.2) is 27.2 Å². The van der Waals surface area contributed by atoms with Crippen molar-refractivity contribution in [2.75, 3.05) is 11.6 Å². The molecule has 1 atom stereocenters. The van der Waals surface area contributed by atoms with Crippen LogP contribution in [0.3, 0.4) is 0 Å². The Kier molecular flexibility index (Phi) is 4.38. The molecule has 25 heavy (non-hydrogen) atoms. The van der Waals surface area contributed by atoms with Gasteiger partial charge < -0.3 is 5.32 Å². The highest BCUT2D eigenvalue weighted by Crippen LogP contribution is 2.26. The number of aromatic nitrogens is 2. The van der Waals surface area contributed by atoms with Gasteiger partial charge in [-0.3, -0.25) is 0 Å². The van der Waals surface area contributed by atoms with Gasteiger partial charge in [0.1, 0.15) is 12.1 Å². The van der Waals surface area contributed by atoms with Crippen molar-refractivity contribution >= 4 is 26.6 Å². The first-order chi connectivity index (χ1) is 11.8. The summed E-state index contributed by atoms with van der Waals surface area (Å²) < 4.78 is 50.0. The zero-order valence-electron chi connectivity index (χ0n) is 13.5. The van der Waals surface area contributed by atoms with Crippen LogP contribution in [-0.2, 0) is 9.84 Å². The standard InChI is InChI=1S/C17H15F2N3O2S/c1-10(11-3-5-14(18)15(19)7-11)22-17-13-8-12(25(2,23)24)4-6-16(13)20-9-21-17/h3-10H,1-2H3,(H,20,21,22)/t10-/m1/s1. The lowest BCUT2D eigenvalue weighted by Crippen LogP contribution is -2.09. The Morgan fingerprint density at radius 3 is 2.48 bits per heavy atom. The normalized spacial score (nSPS) is 13.0. The zero-order chi connectivity index (χ0) is 18.2. The van der Waals surface area contributed by atoms with E-state index in [1.165, 1.54) is 24.5 Å². The molecule has 1 N–H and O–H groups in total. The van der Waals surface area contributed by atoms with Crippen molar-refractivity contribution in [1.82, 2.24) is 9.97 Å². The number of rotatable bonds is 4. The van der Waals surface area contributed by atoms with Crippen molar-refractivity contribution in [2.45, 2.75) is 17.9 Å². The molecule has 0 aliphatic heterocycles. The lowest BCUT2D eigenvalue weighted by atomic mass is 10.1.